The first-order valence-corrected chi connectivity index (χ1v) is 27.1. The van der Waals surface area contributed by atoms with E-state index in [1.807, 2.05) is 167 Å². The lowest BCUT2D eigenvalue weighted by molar-refractivity contribution is -0.513. The minimum Gasteiger partial charge on any atom is -0.480 e. The number of aliphatic carboxylic acids is 1. The average Bonchev–Trinajstić information content (AvgIpc) is 1.54. The molecule has 1 N–H and O–H groups in total. The van der Waals surface area contributed by atoms with Crippen molar-refractivity contribution in [1.29, 1.82) is 26.3 Å². The number of carboxylic acid groups (broad SMARTS) is 1. The highest BCUT2D eigenvalue weighted by Crippen LogP contribution is 2.75. The predicted molar refractivity (Wildman–Crippen MR) is 316 cm³/mol. The molecule has 3 aliphatic rings. The van der Waals surface area contributed by atoms with Crippen molar-refractivity contribution in [3.8, 4) is 30.3 Å². The molecule has 3 fully saturated rings. The fraction of sp³-hybridized carbons (Fsp3) is 0.373. The van der Waals surface area contributed by atoms with Crippen molar-refractivity contribution in [1.82, 2.24) is 0 Å². The summed E-state index contributed by atoms with van der Waals surface area (Å²) in [5.74, 6) is -2.10. The van der Waals surface area contributed by atoms with E-state index in [-0.39, 0.29) is 52.1 Å². The number of nitrogens with zero attached hydrogens (tertiary/aromatic N) is 6. The molecule has 0 spiro atoms. The van der Waals surface area contributed by atoms with Crippen LogP contribution in [0.1, 0.15) is 133 Å². The maximum atomic E-state index is 12.1. The van der Waals surface area contributed by atoms with Crippen LogP contribution in [0, 0.1) is 99.8 Å². The van der Waals surface area contributed by atoms with Crippen molar-refractivity contribution < 1.29 is 48.2 Å². The van der Waals surface area contributed by atoms with Crippen LogP contribution in [0.5, 0.6) is 0 Å². The van der Waals surface area contributed by atoms with E-state index in [1.54, 1.807) is 52.8 Å². The normalized spacial score (nSPS) is 20.4. The second kappa shape index (κ2) is 33.2. The third-order valence-corrected chi connectivity index (χ3v) is 14.5. The molecule has 0 saturated heterocycles. The molecule has 438 valence electrons. The Kier molecular flexibility index (Phi) is 27.8. The lowest BCUT2D eigenvalue weighted by Crippen LogP contribution is -2.23. The first-order chi connectivity index (χ1) is 39.8. The Balaban J connectivity index is 0.000000344. The molecule has 6 unspecified atom stereocenters. The van der Waals surface area contributed by atoms with Gasteiger partial charge in [-0.25, -0.2) is 4.79 Å². The van der Waals surface area contributed by atoms with Crippen molar-refractivity contribution in [2.45, 2.75) is 106 Å². The zero-order valence-corrected chi connectivity index (χ0v) is 49.5. The number of ether oxygens (including phenoxy) is 3. The van der Waals surface area contributed by atoms with Crippen LogP contribution in [-0.2, 0) is 33.4 Å². The second-order valence-electron chi connectivity index (χ2n) is 21.2. The van der Waals surface area contributed by atoms with Crippen LogP contribution in [0.3, 0.4) is 0 Å². The first kappa shape index (κ1) is 70.3. The Morgan fingerprint density at radius 1 is 0.607 bits per heavy atom. The minimum atomic E-state index is -1.27. The number of benzene rings is 5. The van der Waals surface area contributed by atoms with Gasteiger partial charge in [0.05, 0.1) is 50.0 Å². The molecule has 3 aliphatic carbocycles. The first-order valence-electron chi connectivity index (χ1n) is 27.1. The number of esters is 3. The van der Waals surface area contributed by atoms with Crippen LogP contribution in [0.4, 0.5) is 0 Å². The molecule has 0 aliphatic heterocycles. The summed E-state index contributed by atoms with van der Waals surface area (Å²) in [5.41, 5.74) is 1.80. The average molecular weight is 1140 g/mol. The second-order valence-corrected chi connectivity index (χ2v) is 21.2. The highest BCUT2D eigenvalue weighted by atomic mass is 16.6. The quantitative estimate of drug-likeness (QED) is 0.0218. The van der Waals surface area contributed by atoms with Gasteiger partial charge in [0, 0.05) is 52.9 Å². The van der Waals surface area contributed by atoms with Gasteiger partial charge in [-0.15, -0.1) is 0 Å². The molecule has 0 radical (unpaired) electrons. The van der Waals surface area contributed by atoms with Gasteiger partial charge in [-0.1, -0.05) is 193 Å². The van der Waals surface area contributed by atoms with Crippen LogP contribution in [0.25, 0.3) is 6.08 Å². The molecule has 5 aromatic carbocycles. The molecule has 17 heteroatoms. The van der Waals surface area contributed by atoms with Gasteiger partial charge in [0.15, 0.2) is 10.8 Å². The highest BCUT2D eigenvalue weighted by molar-refractivity contribution is 5.97. The van der Waals surface area contributed by atoms with Crippen LogP contribution in [0.15, 0.2) is 157 Å². The number of nitro groups is 1. The maximum Gasteiger partial charge on any atom is 0.348 e. The molecule has 0 amide bonds. The molecular weight excluding hydrogens is 1060 g/mol. The van der Waals surface area contributed by atoms with Crippen molar-refractivity contribution >= 4 is 36.2 Å². The standard InChI is InChI=1S/C15H17NO2.C13H13NO2.C12H11NO2.C12H13N.C7H6O.C5H7NO2.C3H7NO2/c1-4-18-13(17)15(10-16)12(14(15,2)3)11-8-6-5-7-9-11;1-12(2)10(9-6-4-3-5-7-9)13(12,8-14)11(15)16;1-2-15-12(14)11(9-13)8-10-6-4-3-5-7-10;1-12(2)10(8-13)11(12)9-6-4-3-5-7-9;8-6-7-4-2-1-3-5-7;1-2-8-5(7)3-4-6;1-3(2)4(5)6/h5-9,12H,4H2,1-3H3;3-7,10H,1-2H3,(H,15,16);3-8H,2H2,1H3;3-7,10-11H,1-2H3;1-6H;2-3H2,1H3;3H,1-2H3/b;;11-8-;;;;. The van der Waals surface area contributed by atoms with E-state index in [2.05, 4.69) is 42.9 Å². The summed E-state index contributed by atoms with van der Waals surface area (Å²) >= 11 is 0. The molecule has 6 atom stereocenters. The molecule has 0 aromatic heterocycles. The summed E-state index contributed by atoms with van der Waals surface area (Å²) in [7, 11) is 0. The Morgan fingerprint density at radius 3 is 1.30 bits per heavy atom. The number of nitriles is 5. The number of carbonyl (C=O) groups excluding carboxylic acids is 4. The Labute approximate surface area is 493 Å². The van der Waals surface area contributed by atoms with E-state index in [1.165, 1.54) is 11.6 Å². The van der Waals surface area contributed by atoms with Crippen LogP contribution in [-0.4, -0.2) is 66.1 Å². The van der Waals surface area contributed by atoms with E-state index in [9.17, 15) is 44.5 Å². The summed E-state index contributed by atoms with van der Waals surface area (Å²) in [4.78, 5) is 64.0. The van der Waals surface area contributed by atoms with E-state index in [0.717, 1.165) is 28.5 Å². The number of hydrogen-bond donors (Lipinski definition) is 1. The SMILES string of the molecule is CC(C)[N+](=O)[O-].CC1(C)C(C#N)C1c1ccccc1.CC1(C)C(c2ccccc2)C1(C#N)C(=O)O.CCOC(=O)/C(C#N)=C\c1ccccc1.CCOC(=O)C1(C#N)C(c2ccccc2)C1(C)C.CCOC(=O)CC#N.O=Cc1ccccc1. The topological polar surface area (TPSA) is 295 Å². The minimum absolute atomic E-state index is 0.0167. The molecule has 17 nitrogen and oxygen atoms in total. The number of carboxylic acids is 1. The van der Waals surface area contributed by atoms with Crippen molar-refractivity contribution in [2.75, 3.05) is 19.8 Å². The number of aldehydes is 1. The van der Waals surface area contributed by atoms with Crippen LogP contribution < -0.4 is 0 Å². The smallest absolute Gasteiger partial charge is 0.348 e. The van der Waals surface area contributed by atoms with Crippen molar-refractivity contribution in [2.24, 2.45) is 33.0 Å². The van der Waals surface area contributed by atoms with Gasteiger partial charge < -0.3 is 19.3 Å². The summed E-state index contributed by atoms with van der Waals surface area (Å²) < 4.78 is 14.2. The van der Waals surface area contributed by atoms with Crippen LogP contribution >= 0.6 is 0 Å². The van der Waals surface area contributed by atoms with E-state index in [4.69, 9.17) is 30.5 Å². The van der Waals surface area contributed by atoms with Gasteiger partial charge in [0.1, 0.15) is 24.3 Å². The highest BCUT2D eigenvalue weighted by Gasteiger charge is 2.78. The van der Waals surface area contributed by atoms with Gasteiger partial charge in [0.25, 0.3) is 0 Å². The zero-order chi connectivity index (χ0) is 63.3. The third-order valence-electron chi connectivity index (χ3n) is 14.5. The van der Waals surface area contributed by atoms with Crippen molar-refractivity contribution in [3.05, 3.63) is 195 Å². The summed E-state index contributed by atoms with van der Waals surface area (Å²) in [6.45, 7) is 21.1. The largest absolute Gasteiger partial charge is 0.480 e. The van der Waals surface area contributed by atoms with Gasteiger partial charge in [-0.3, -0.25) is 29.3 Å². The van der Waals surface area contributed by atoms with Crippen LogP contribution in [0.2, 0.25) is 0 Å². The van der Waals surface area contributed by atoms with Gasteiger partial charge >= 0.3 is 23.9 Å². The molecule has 8 rings (SSSR count). The van der Waals surface area contributed by atoms with E-state index in [0.29, 0.717) is 19.1 Å². The van der Waals surface area contributed by atoms with E-state index >= 15 is 0 Å². The molecule has 3 saturated carbocycles. The Bertz CT molecular complexity index is 3210. The fourth-order valence-corrected chi connectivity index (χ4v) is 9.72. The summed E-state index contributed by atoms with van der Waals surface area (Å²) in [6, 6.07) is 57.3. The number of rotatable bonds is 13. The maximum absolute atomic E-state index is 12.1. The van der Waals surface area contributed by atoms with Gasteiger partial charge in [-0.2, -0.15) is 26.3 Å². The molecular formula is C67H74N6O11. The molecule has 0 bridgehead atoms. The van der Waals surface area contributed by atoms with Crippen molar-refractivity contribution in [3.63, 3.8) is 0 Å². The monoisotopic (exact) mass is 1140 g/mol. The Morgan fingerprint density at radius 2 is 0.988 bits per heavy atom. The lowest BCUT2D eigenvalue weighted by atomic mass is 9.98. The fourth-order valence-electron chi connectivity index (χ4n) is 9.72. The summed E-state index contributed by atoms with van der Waals surface area (Å²) in [5, 5.41) is 63.0. The number of carbonyl (C=O) groups is 5. The number of hydrogen-bond acceptors (Lipinski definition) is 15. The van der Waals surface area contributed by atoms with Gasteiger partial charge in [-0.05, 0) is 54.5 Å². The van der Waals surface area contributed by atoms with Gasteiger partial charge in [0.2, 0.25) is 6.04 Å². The Hall–Kier alpha value is -9.76. The van der Waals surface area contributed by atoms with E-state index < -0.39 is 46.2 Å². The lowest BCUT2D eigenvalue weighted by Gasteiger charge is -2.09. The zero-order valence-electron chi connectivity index (χ0n) is 49.5. The molecule has 0 heterocycles. The molecule has 5 aromatic rings. The summed E-state index contributed by atoms with van der Waals surface area (Å²) in [6.07, 6.45) is 2.20. The third kappa shape index (κ3) is 18.1. The molecule has 84 heavy (non-hydrogen) atoms. The predicted octanol–water partition coefficient (Wildman–Crippen LogP) is 13.0.